The first-order valence-electron chi connectivity index (χ1n) is 12.2. The van der Waals surface area contributed by atoms with Gasteiger partial charge in [0.2, 0.25) is 0 Å². The van der Waals surface area contributed by atoms with Crippen LogP contribution in [0.25, 0.3) is 10.8 Å². The highest BCUT2D eigenvalue weighted by molar-refractivity contribution is 6.04. The van der Waals surface area contributed by atoms with Crippen LogP contribution >= 0.6 is 0 Å². The Hall–Kier alpha value is -4.45. The normalized spacial score (nSPS) is 11.5. The van der Waals surface area contributed by atoms with Gasteiger partial charge in [0.15, 0.2) is 0 Å². The fourth-order valence-electron chi connectivity index (χ4n) is 3.85. The number of carbonyl (C=O) groups excluding carboxylic acids is 2. The van der Waals surface area contributed by atoms with Crippen LogP contribution in [0.2, 0.25) is 0 Å². The summed E-state index contributed by atoms with van der Waals surface area (Å²) in [6.45, 7) is 8.81. The van der Waals surface area contributed by atoms with Crippen molar-refractivity contribution >= 4 is 28.9 Å². The van der Waals surface area contributed by atoms with Crippen LogP contribution < -0.4 is 14.9 Å². The Balaban J connectivity index is 1.56. The van der Waals surface area contributed by atoms with Crippen LogP contribution in [0.1, 0.15) is 59.5 Å². The van der Waals surface area contributed by atoms with Gasteiger partial charge in [-0.25, -0.2) is 10.2 Å². The summed E-state index contributed by atoms with van der Waals surface area (Å²) in [7, 11) is 0. The molecule has 0 saturated heterocycles. The van der Waals surface area contributed by atoms with Gasteiger partial charge in [-0.05, 0) is 71.1 Å². The topological polar surface area (TPSA) is 77.0 Å². The number of benzene rings is 4. The van der Waals surface area contributed by atoms with Crippen molar-refractivity contribution in [3.05, 3.63) is 107 Å². The summed E-state index contributed by atoms with van der Waals surface area (Å²) in [5, 5.41) is 5.97. The lowest BCUT2D eigenvalue weighted by molar-refractivity contribution is 0.0734. The molecule has 0 heterocycles. The molecule has 1 amide bonds. The molecule has 0 unspecified atom stereocenters. The lowest BCUT2D eigenvalue weighted by Crippen LogP contribution is -2.18. The Bertz CT molecular complexity index is 1430. The van der Waals surface area contributed by atoms with E-state index in [0.29, 0.717) is 34.8 Å². The molecule has 0 radical (unpaired) electrons. The summed E-state index contributed by atoms with van der Waals surface area (Å²) in [4.78, 5) is 25.5. The van der Waals surface area contributed by atoms with E-state index < -0.39 is 5.97 Å². The van der Waals surface area contributed by atoms with Crippen molar-refractivity contribution in [2.45, 2.75) is 33.1 Å². The highest BCUT2D eigenvalue weighted by Crippen LogP contribution is 2.28. The third-order valence-corrected chi connectivity index (χ3v) is 5.91. The van der Waals surface area contributed by atoms with E-state index in [1.54, 1.807) is 42.5 Å². The predicted octanol–water partition coefficient (Wildman–Crippen LogP) is 6.52. The number of hydrogen-bond donors (Lipinski definition) is 1. The minimum Gasteiger partial charge on any atom is -0.494 e. The fourth-order valence-corrected chi connectivity index (χ4v) is 3.85. The quantitative estimate of drug-likeness (QED) is 0.137. The zero-order chi connectivity index (χ0) is 26.4. The maximum absolute atomic E-state index is 12.9. The van der Waals surface area contributed by atoms with Gasteiger partial charge in [-0.15, -0.1) is 0 Å². The maximum atomic E-state index is 12.9. The van der Waals surface area contributed by atoms with Crippen LogP contribution in [0.3, 0.4) is 0 Å². The molecule has 6 heteroatoms. The first kappa shape index (κ1) is 25.6. The summed E-state index contributed by atoms with van der Waals surface area (Å²) in [6.07, 6.45) is 1.50. The maximum Gasteiger partial charge on any atom is 0.343 e. The second-order valence-electron chi connectivity index (χ2n) is 9.57. The van der Waals surface area contributed by atoms with Crippen LogP contribution in [0.4, 0.5) is 0 Å². The molecule has 37 heavy (non-hydrogen) atoms. The van der Waals surface area contributed by atoms with E-state index in [2.05, 4.69) is 31.3 Å². The zero-order valence-corrected chi connectivity index (χ0v) is 21.4. The molecule has 4 aromatic rings. The van der Waals surface area contributed by atoms with Gasteiger partial charge < -0.3 is 9.47 Å². The van der Waals surface area contributed by atoms with Crippen molar-refractivity contribution < 1.29 is 19.1 Å². The van der Waals surface area contributed by atoms with Crippen molar-refractivity contribution in [3.63, 3.8) is 0 Å². The summed E-state index contributed by atoms with van der Waals surface area (Å²) in [5.41, 5.74) is 5.20. The van der Waals surface area contributed by atoms with E-state index in [4.69, 9.17) is 9.47 Å². The summed E-state index contributed by atoms with van der Waals surface area (Å²) in [5.74, 6) is 0.187. The van der Waals surface area contributed by atoms with E-state index in [-0.39, 0.29) is 11.3 Å². The third kappa shape index (κ3) is 6.22. The molecule has 4 aromatic carbocycles. The molecule has 0 atom stereocenters. The summed E-state index contributed by atoms with van der Waals surface area (Å²) < 4.78 is 11.2. The number of carbonyl (C=O) groups is 2. The number of ether oxygens (including phenoxy) is 2. The molecule has 0 aromatic heterocycles. The smallest absolute Gasteiger partial charge is 0.343 e. The van der Waals surface area contributed by atoms with Crippen LogP contribution in [0.15, 0.2) is 90.0 Å². The van der Waals surface area contributed by atoms with E-state index in [1.807, 2.05) is 49.4 Å². The van der Waals surface area contributed by atoms with Gasteiger partial charge in [-0.3, -0.25) is 4.79 Å². The molecular weight excluding hydrogens is 464 g/mol. The molecule has 0 aliphatic rings. The van der Waals surface area contributed by atoms with Crippen LogP contribution in [-0.2, 0) is 5.41 Å². The molecule has 0 saturated carbocycles. The lowest BCUT2D eigenvalue weighted by atomic mass is 9.87. The molecule has 0 bridgehead atoms. The zero-order valence-electron chi connectivity index (χ0n) is 21.4. The van der Waals surface area contributed by atoms with Gasteiger partial charge in [0.05, 0.1) is 18.4 Å². The number of hydrazone groups is 1. The lowest BCUT2D eigenvalue weighted by Gasteiger charge is -2.18. The summed E-state index contributed by atoms with van der Waals surface area (Å²) in [6, 6.07) is 25.5. The molecule has 0 spiro atoms. The minimum atomic E-state index is -0.504. The molecule has 188 valence electrons. The Morgan fingerprint density at radius 1 is 0.865 bits per heavy atom. The molecule has 1 N–H and O–H groups in total. The van der Waals surface area contributed by atoms with Gasteiger partial charge in [0, 0.05) is 11.1 Å². The van der Waals surface area contributed by atoms with Crippen LogP contribution in [0, 0.1) is 0 Å². The van der Waals surface area contributed by atoms with E-state index >= 15 is 0 Å². The number of rotatable bonds is 7. The molecule has 0 fully saturated rings. The molecular formula is C31H30N2O4. The van der Waals surface area contributed by atoms with Gasteiger partial charge in [0.25, 0.3) is 5.91 Å². The third-order valence-electron chi connectivity index (χ3n) is 5.91. The monoisotopic (exact) mass is 494 g/mol. The van der Waals surface area contributed by atoms with Crippen molar-refractivity contribution in [2.24, 2.45) is 5.10 Å². The van der Waals surface area contributed by atoms with Gasteiger partial charge in [-0.2, -0.15) is 5.10 Å². The number of nitrogens with zero attached hydrogens (tertiary/aromatic N) is 1. The number of hydrogen-bond acceptors (Lipinski definition) is 5. The average molecular weight is 495 g/mol. The van der Waals surface area contributed by atoms with Crippen molar-refractivity contribution in [1.29, 1.82) is 0 Å². The Morgan fingerprint density at radius 2 is 1.54 bits per heavy atom. The minimum absolute atomic E-state index is 0.000679. The first-order valence-corrected chi connectivity index (χ1v) is 12.2. The molecule has 6 nitrogen and oxygen atoms in total. The molecule has 0 aliphatic heterocycles. The van der Waals surface area contributed by atoms with Crippen molar-refractivity contribution in [3.8, 4) is 11.5 Å². The van der Waals surface area contributed by atoms with Crippen LogP contribution in [-0.4, -0.2) is 24.7 Å². The number of esters is 1. The van der Waals surface area contributed by atoms with E-state index in [9.17, 15) is 9.59 Å². The number of fused-ring (bicyclic) bond motifs is 1. The van der Waals surface area contributed by atoms with Crippen molar-refractivity contribution in [2.75, 3.05) is 6.61 Å². The SMILES string of the molecule is CCOc1ccc(C(=O)Oc2ccc3ccccc3c2/C=N\NC(=O)c2ccc(C(C)(C)C)cc2)cc1. The Kier molecular flexibility index (Phi) is 7.68. The first-order chi connectivity index (χ1) is 17.8. The summed E-state index contributed by atoms with van der Waals surface area (Å²) >= 11 is 0. The predicted molar refractivity (Wildman–Crippen MR) is 147 cm³/mol. The number of amides is 1. The van der Waals surface area contributed by atoms with Gasteiger partial charge >= 0.3 is 5.97 Å². The van der Waals surface area contributed by atoms with Gasteiger partial charge in [0.1, 0.15) is 11.5 Å². The van der Waals surface area contributed by atoms with E-state index in [1.165, 1.54) is 6.21 Å². The van der Waals surface area contributed by atoms with Crippen LogP contribution in [0.5, 0.6) is 11.5 Å². The largest absolute Gasteiger partial charge is 0.494 e. The number of nitrogens with one attached hydrogen (secondary N) is 1. The second kappa shape index (κ2) is 11.1. The van der Waals surface area contributed by atoms with Crippen molar-refractivity contribution in [1.82, 2.24) is 5.43 Å². The second-order valence-corrected chi connectivity index (χ2v) is 9.57. The Labute approximate surface area is 216 Å². The molecule has 4 rings (SSSR count). The van der Waals surface area contributed by atoms with Gasteiger partial charge in [-0.1, -0.05) is 63.2 Å². The highest BCUT2D eigenvalue weighted by Gasteiger charge is 2.15. The Morgan fingerprint density at radius 3 is 2.22 bits per heavy atom. The highest BCUT2D eigenvalue weighted by atomic mass is 16.5. The van der Waals surface area contributed by atoms with E-state index in [0.717, 1.165) is 16.3 Å². The standard InChI is InChI=1S/C31H30N2O4/c1-5-36-25-17-12-23(13-18-25)30(35)37-28-19-14-21-8-6-7-9-26(21)27(28)20-32-33-29(34)22-10-15-24(16-11-22)31(2,3)4/h6-20H,5H2,1-4H3,(H,33,34)/b32-20-. The fraction of sp³-hybridized carbons (Fsp3) is 0.194. The average Bonchev–Trinajstić information content (AvgIpc) is 2.89. The molecule has 0 aliphatic carbocycles.